The summed E-state index contributed by atoms with van der Waals surface area (Å²) in [6, 6.07) is 0. The van der Waals surface area contributed by atoms with Gasteiger partial charge in [0.2, 0.25) is 0 Å². The molecule has 34 valence electrons. The minimum absolute atomic E-state index is 1.58. The molecule has 0 aliphatic carbocycles. The van der Waals surface area contributed by atoms with Gasteiger partial charge in [0.25, 0.3) is 0 Å². The van der Waals surface area contributed by atoms with Crippen LogP contribution in [0.1, 0.15) is 0 Å². The smallest absolute Gasteiger partial charge is 0.0240 e. The van der Waals surface area contributed by atoms with Crippen LogP contribution in [0.4, 0.5) is 0 Å². The lowest BCUT2D eigenvalue weighted by molar-refractivity contribution is 0.444. The molecule has 0 spiro atoms. The van der Waals surface area contributed by atoms with Crippen LogP contribution in [0.3, 0.4) is 0 Å². The van der Waals surface area contributed by atoms with E-state index in [-0.39, 0.29) is 0 Å². The van der Waals surface area contributed by atoms with E-state index in [9.17, 15) is 0 Å². The van der Waals surface area contributed by atoms with Gasteiger partial charge in [-0.3, -0.25) is 0 Å². The van der Waals surface area contributed by atoms with Gasteiger partial charge in [0.05, 0.1) is 0 Å². The normalized spacial score (nSPS) is 19.8. The maximum Gasteiger partial charge on any atom is 0.0240 e. The summed E-state index contributed by atoms with van der Waals surface area (Å²) < 4.78 is 0. The number of hydrogen-bond acceptors (Lipinski definition) is 3. The fraction of sp³-hybridized carbons (Fsp3) is 0.333. The van der Waals surface area contributed by atoms with E-state index in [1.54, 1.807) is 11.9 Å². The van der Waals surface area contributed by atoms with E-state index in [1.807, 2.05) is 23.7 Å². The predicted molar refractivity (Wildman–Crippen MR) is 27.6 cm³/mol. The maximum absolute atomic E-state index is 2.96. The van der Waals surface area contributed by atoms with Gasteiger partial charge in [0, 0.05) is 18.7 Å². The number of hydrazine groups is 1. The van der Waals surface area contributed by atoms with E-state index >= 15 is 0 Å². The van der Waals surface area contributed by atoms with Crippen molar-refractivity contribution in [1.29, 1.82) is 0 Å². The van der Waals surface area contributed by atoms with E-state index in [0.717, 1.165) is 0 Å². The van der Waals surface area contributed by atoms with Gasteiger partial charge in [-0.1, -0.05) is 0 Å². The third kappa shape index (κ3) is 0.666. The van der Waals surface area contributed by atoms with Crippen LogP contribution in [0.2, 0.25) is 0 Å². The lowest BCUT2D eigenvalue weighted by atomic mass is 11.0. The summed E-state index contributed by atoms with van der Waals surface area (Å²) in [6.07, 6.45) is 1.96. The monoisotopic (exact) mass is 102 g/mol. The van der Waals surface area contributed by atoms with E-state index in [4.69, 9.17) is 0 Å². The highest BCUT2D eigenvalue weighted by molar-refractivity contribution is 8.00. The minimum atomic E-state index is 1.58. The summed E-state index contributed by atoms with van der Waals surface area (Å²) in [7, 11) is 1.95. The zero-order valence-electron chi connectivity index (χ0n) is 3.51. The Balaban J connectivity index is 2.38. The second kappa shape index (κ2) is 1.53. The Bertz CT molecular complexity index is 71.2. The Labute approximate surface area is 41.3 Å². The average Bonchev–Trinajstić information content (AvgIpc) is 1.86. The quantitative estimate of drug-likeness (QED) is 0.450. The second-order valence-corrected chi connectivity index (χ2v) is 1.80. The number of hydrogen-bond donors (Lipinski definition) is 1. The molecule has 3 heteroatoms. The zero-order chi connectivity index (χ0) is 4.41. The van der Waals surface area contributed by atoms with Crippen molar-refractivity contribution in [3.8, 4) is 0 Å². The lowest BCUT2D eigenvalue weighted by Gasteiger charge is -2.02. The molecule has 1 heterocycles. The van der Waals surface area contributed by atoms with E-state index in [2.05, 4.69) is 4.83 Å². The molecule has 0 fully saturated rings. The Hall–Kier alpha value is -0.150. The van der Waals surface area contributed by atoms with E-state index in [0.29, 0.717) is 0 Å². The molecule has 0 unspecified atom stereocenters. The first-order chi connectivity index (χ1) is 2.89. The molecule has 0 saturated heterocycles. The molecule has 0 radical (unpaired) electrons. The fourth-order valence-electron chi connectivity index (χ4n) is 0.266. The molecular formula is C3H6N2S. The van der Waals surface area contributed by atoms with Crippen LogP contribution in [0.25, 0.3) is 0 Å². The largest absolute Gasteiger partial charge is 0.308 e. The Morgan fingerprint density at radius 3 is 2.83 bits per heavy atom. The van der Waals surface area contributed by atoms with Gasteiger partial charge < -0.3 is 5.01 Å². The van der Waals surface area contributed by atoms with Crippen molar-refractivity contribution in [2.45, 2.75) is 0 Å². The molecule has 6 heavy (non-hydrogen) atoms. The fourth-order valence-corrected chi connectivity index (χ4v) is 0.797. The third-order valence-electron chi connectivity index (χ3n) is 0.549. The average molecular weight is 102 g/mol. The van der Waals surface area contributed by atoms with Crippen molar-refractivity contribution in [3.05, 3.63) is 11.6 Å². The molecule has 0 amide bonds. The highest BCUT2D eigenvalue weighted by atomic mass is 32.2. The lowest BCUT2D eigenvalue weighted by Crippen LogP contribution is -2.17. The molecule has 1 aliphatic rings. The molecule has 0 saturated carbocycles. The maximum atomic E-state index is 2.96. The molecular weight excluding hydrogens is 96.1 g/mol. The highest BCUT2D eigenvalue weighted by Crippen LogP contribution is 2.03. The van der Waals surface area contributed by atoms with Crippen LogP contribution >= 0.6 is 11.9 Å². The summed E-state index contributed by atoms with van der Waals surface area (Å²) in [6.45, 7) is 0. The minimum Gasteiger partial charge on any atom is -0.308 e. The SMILES string of the molecule is CN1C=CSN1. The first-order valence-corrected chi connectivity index (χ1v) is 2.58. The van der Waals surface area contributed by atoms with Gasteiger partial charge in [-0.05, 0) is 11.9 Å². The summed E-state index contributed by atoms with van der Waals surface area (Å²) >= 11 is 1.58. The Morgan fingerprint density at radius 2 is 2.67 bits per heavy atom. The van der Waals surface area contributed by atoms with Crippen LogP contribution in [0, 0.1) is 0 Å². The molecule has 1 rings (SSSR count). The molecule has 0 aromatic rings. The molecule has 2 nitrogen and oxygen atoms in total. The van der Waals surface area contributed by atoms with Gasteiger partial charge in [0.1, 0.15) is 0 Å². The third-order valence-corrected chi connectivity index (χ3v) is 1.20. The van der Waals surface area contributed by atoms with Crippen molar-refractivity contribution >= 4 is 11.9 Å². The Kier molecular flexibility index (Phi) is 1.03. The van der Waals surface area contributed by atoms with Gasteiger partial charge in [0.15, 0.2) is 0 Å². The summed E-state index contributed by atoms with van der Waals surface area (Å²) in [4.78, 5) is 2.96. The van der Waals surface area contributed by atoms with Crippen LogP contribution in [-0.2, 0) is 0 Å². The van der Waals surface area contributed by atoms with Crippen LogP contribution in [0.15, 0.2) is 11.6 Å². The van der Waals surface area contributed by atoms with Crippen molar-refractivity contribution in [2.75, 3.05) is 7.05 Å². The highest BCUT2D eigenvalue weighted by Gasteiger charge is 1.91. The van der Waals surface area contributed by atoms with Gasteiger partial charge in [-0.2, -0.15) is 4.83 Å². The standard InChI is InChI=1S/C3H6N2S/c1-5-2-3-6-4-5/h2-4H,1H3. The number of nitrogens with one attached hydrogen (secondary N) is 1. The van der Waals surface area contributed by atoms with Gasteiger partial charge in [-0.15, -0.1) is 0 Å². The molecule has 1 aliphatic heterocycles. The molecule has 0 atom stereocenters. The number of nitrogens with zero attached hydrogens (tertiary/aromatic N) is 1. The van der Waals surface area contributed by atoms with E-state index in [1.165, 1.54) is 0 Å². The molecule has 0 aromatic heterocycles. The van der Waals surface area contributed by atoms with Crippen LogP contribution in [-0.4, -0.2) is 12.1 Å². The number of rotatable bonds is 0. The molecule has 0 aromatic carbocycles. The van der Waals surface area contributed by atoms with Crippen molar-refractivity contribution in [1.82, 2.24) is 9.84 Å². The zero-order valence-corrected chi connectivity index (χ0v) is 4.33. The van der Waals surface area contributed by atoms with Crippen molar-refractivity contribution in [2.24, 2.45) is 0 Å². The second-order valence-electron chi connectivity index (χ2n) is 1.11. The Morgan fingerprint density at radius 1 is 1.83 bits per heavy atom. The van der Waals surface area contributed by atoms with Gasteiger partial charge in [-0.25, -0.2) is 0 Å². The molecule has 1 N–H and O–H groups in total. The molecule has 0 bridgehead atoms. The van der Waals surface area contributed by atoms with Gasteiger partial charge >= 0.3 is 0 Å². The van der Waals surface area contributed by atoms with Crippen molar-refractivity contribution < 1.29 is 0 Å². The van der Waals surface area contributed by atoms with Crippen LogP contribution < -0.4 is 4.83 Å². The first-order valence-electron chi connectivity index (χ1n) is 1.70. The summed E-state index contributed by atoms with van der Waals surface area (Å²) in [5.74, 6) is 0. The summed E-state index contributed by atoms with van der Waals surface area (Å²) in [5.41, 5.74) is 0. The van der Waals surface area contributed by atoms with Crippen LogP contribution in [0.5, 0.6) is 0 Å². The summed E-state index contributed by atoms with van der Waals surface area (Å²) in [5, 5.41) is 3.88. The van der Waals surface area contributed by atoms with E-state index < -0.39 is 0 Å². The predicted octanol–water partition coefficient (Wildman–Crippen LogP) is 0.556. The first kappa shape index (κ1) is 4.02. The topological polar surface area (TPSA) is 15.3 Å². The van der Waals surface area contributed by atoms with Crippen molar-refractivity contribution in [3.63, 3.8) is 0 Å².